The summed E-state index contributed by atoms with van der Waals surface area (Å²) < 4.78 is 0. The molecule has 1 atom stereocenters. The van der Waals surface area contributed by atoms with Crippen LogP contribution in [0.5, 0.6) is 0 Å². The van der Waals surface area contributed by atoms with Crippen molar-refractivity contribution in [2.45, 2.75) is 18.4 Å². The lowest BCUT2D eigenvalue weighted by Gasteiger charge is -2.25. The van der Waals surface area contributed by atoms with Gasteiger partial charge in [0.15, 0.2) is 5.54 Å². The number of hydrogen-bond acceptors (Lipinski definition) is 7. The van der Waals surface area contributed by atoms with Crippen LogP contribution in [0.2, 0.25) is 0 Å². The summed E-state index contributed by atoms with van der Waals surface area (Å²) in [7, 11) is 0. The minimum absolute atomic E-state index is 0.0372. The predicted molar refractivity (Wildman–Crippen MR) is 102 cm³/mol. The Hall–Kier alpha value is -3.53. The highest BCUT2D eigenvalue weighted by Gasteiger charge is 2.61. The van der Waals surface area contributed by atoms with Gasteiger partial charge in [-0.1, -0.05) is 23.3 Å². The van der Waals surface area contributed by atoms with Crippen LogP contribution in [0.4, 0.5) is 4.79 Å². The van der Waals surface area contributed by atoms with Crippen molar-refractivity contribution in [2.75, 3.05) is 6.54 Å². The standard InChI is InChI=1S/C20H15N3O6S/c24-15(29-23-16(25)12-4-1-2-5-13(12)17(23)26)10-22-18(27)20(11-7-8-11,21-19(22)28)14-6-3-9-30-14/h1-6,9,11H,7-8,10H2,(H,21,28). The molecule has 30 heavy (non-hydrogen) atoms. The number of imide groups is 2. The van der Waals surface area contributed by atoms with E-state index in [0.717, 1.165) is 17.7 Å². The first kappa shape index (κ1) is 18.5. The maximum absolute atomic E-state index is 13.2. The summed E-state index contributed by atoms with van der Waals surface area (Å²) in [4.78, 5) is 69.3. The number of hydrogen-bond donors (Lipinski definition) is 1. The van der Waals surface area contributed by atoms with E-state index in [0.29, 0.717) is 9.94 Å². The molecule has 0 bridgehead atoms. The first-order valence-electron chi connectivity index (χ1n) is 9.30. The SMILES string of the molecule is O=C(CN1C(=O)NC(c2cccs2)(C2CC2)C1=O)ON1C(=O)c2ccccc2C1=O. The molecule has 1 aromatic heterocycles. The molecule has 1 aliphatic carbocycles. The third kappa shape index (κ3) is 2.57. The molecule has 5 amide bonds. The molecular formula is C20H15N3O6S. The first-order chi connectivity index (χ1) is 14.4. The number of urea groups is 1. The van der Waals surface area contributed by atoms with E-state index >= 15 is 0 Å². The fourth-order valence-electron chi connectivity index (χ4n) is 3.91. The average molecular weight is 425 g/mol. The second-order valence-electron chi connectivity index (χ2n) is 7.29. The molecule has 2 aliphatic heterocycles. The monoisotopic (exact) mass is 425 g/mol. The van der Waals surface area contributed by atoms with Crippen LogP contribution in [0.3, 0.4) is 0 Å². The number of thiophene rings is 1. The fraction of sp³-hybridized carbons (Fsp3) is 0.250. The molecule has 0 radical (unpaired) electrons. The fourth-order valence-corrected chi connectivity index (χ4v) is 4.86. The second-order valence-corrected chi connectivity index (χ2v) is 8.24. The highest BCUT2D eigenvalue weighted by molar-refractivity contribution is 7.10. The van der Waals surface area contributed by atoms with Gasteiger partial charge in [-0.25, -0.2) is 9.59 Å². The molecule has 10 heteroatoms. The van der Waals surface area contributed by atoms with Gasteiger partial charge in [0.2, 0.25) is 0 Å². The zero-order valence-corrected chi connectivity index (χ0v) is 16.3. The third-order valence-corrected chi connectivity index (χ3v) is 6.47. The Morgan fingerprint density at radius 2 is 1.73 bits per heavy atom. The highest BCUT2D eigenvalue weighted by Crippen LogP contribution is 2.50. The van der Waals surface area contributed by atoms with Gasteiger partial charge in [-0.3, -0.25) is 19.3 Å². The first-order valence-corrected chi connectivity index (χ1v) is 10.2. The van der Waals surface area contributed by atoms with Crippen molar-refractivity contribution in [3.05, 3.63) is 57.8 Å². The van der Waals surface area contributed by atoms with Gasteiger partial charge >= 0.3 is 12.0 Å². The summed E-state index contributed by atoms with van der Waals surface area (Å²) in [5.41, 5.74) is -0.937. The van der Waals surface area contributed by atoms with E-state index in [1.165, 1.54) is 23.5 Å². The van der Waals surface area contributed by atoms with E-state index < -0.39 is 41.8 Å². The number of nitrogens with one attached hydrogen (secondary N) is 1. The van der Waals surface area contributed by atoms with Crippen molar-refractivity contribution < 1.29 is 28.8 Å². The molecule has 1 aromatic carbocycles. The number of carbonyl (C=O) groups is 5. The average Bonchev–Trinajstić information content (AvgIpc) is 3.32. The lowest BCUT2D eigenvalue weighted by Crippen LogP contribution is -2.46. The van der Waals surface area contributed by atoms with E-state index in [2.05, 4.69) is 5.32 Å². The van der Waals surface area contributed by atoms with E-state index in [1.807, 2.05) is 5.38 Å². The number of amides is 5. The minimum atomic E-state index is -1.18. The molecular weight excluding hydrogens is 410 g/mol. The van der Waals surface area contributed by atoms with Crippen molar-refractivity contribution in [1.82, 2.24) is 15.3 Å². The van der Waals surface area contributed by atoms with Crippen LogP contribution in [0.25, 0.3) is 0 Å². The van der Waals surface area contributed by atoms with E-state index in [1.54, 1.807) is 24.3 Å². The summed E-state index contributed by atoms with van der Waals surface area (Å²) in [5, 5.41) is 4.93. The quantitative estimate of drug-likeness (QED) is 0.576. The predicted octanol–water partition coefficient (Wildman–Crippen LogP) is 1.66. The molecule has 1 saturated carbocycles. The number of benzene rings is 1. The molecule has 1 N–H and O–H groups in total. The second kappa shape index (κ2) is 6.49. The summed E-state index contributed by atoms with van der Waals surface area (Å²) in [6.45, 7) is -0.710. The molecule has 9 nitrogen and oxygen atoms in total. The molecule has 152 valence electrons. The molecule has 2 fully saturated rings. The Morgan fingerprint density at radius 3 is 2.30 bits per heavy atom. The van der Waals surface area contributed by atoms with Gasteiger partial charge in [0.25, 0.3) is 17.7 Å². The third-order valence-electron chi connectivity index (χ3n) is 5.47. The van der Waals surface area contributed by atoms with Gasteiger partial charge in [-0.05, 0) is 42.3 Å². The van der Waals surface area contributed by atoms with Crippen LogP contribution in [-0.2, 0) is 20.0 Å². The van der Waals surface area contributed by atoms with Crippen molar-refractivity contribution in [1.29, 1.82) is 0 Å². The Morgan fingerprint density at radius 1 is 1.07 bits per heavy atom. The molecule has 0 spiro atoms. The van der Waals surface area contributed by atoms with Crippen molar-refractivity contribution in [3.63, 3.8) is 0 Å². The Labute approximate surface area is 174 Å². The van der Waals surface area contributed by atoms with Crippen LogP contribution < -0.4 is 5.32 Å². The summed E-state index contributed by atoms with van der Waals surface area (Å²) in [6, 6.07) is 8.94. The van der Waals surface area contributed by atoms with E-state index in [9.17, 15) is 24.0 Å². The number of carbonyl (C=O) groups excluding carboxylic acids is 5. The van der Waals surface area contributed by atoms with Gasteiger partial charge < -0.3 is 10.2 Å². The lowest BCUT2D eigenvalue weighted by molar-refractivity contribution is -0.170. The molecule has 1 unspecified atom stereocenters. The normalized spacial score (nSPS) is 23.1. The van der Waals surface area contributed by atoms with Crippen LogP contribution >= 0.6 is 11.3 Å². The number of hydroxylamine groups is 2. The summed E-state index contributed by atoms with van der Waals surface area (Å²) >= 11 is 1.36. The van der Waals surface area contributed by atoms with Gasteiger partial charge in [0.05, 0.1) is 11.1 Å². The maximum atomic E-state index is 13.2. The van der Waals surface area contributed by atoms with E-state index in [4.69, 9.17) is 4.84 Å². The van der Waals surface area contributed by atoms with Crippen LogP contribution in [0.1, 0.15) is 38.4 Å². The molecule has 5 rings (SSSR count). The van der Waals surface area contributed by atoms with Gasteiger partial charge in [0, 0.05) is 4.88 Å². The Balaban J connectivity index is 1.34. The molecule has 1 saturated heterocycles. The van der Waals surface area contributed by atoms with Gasteiger partial charge in [-0.2, -0.15) is 0 Å². The molecule has 2 aromatic rings. The maximum Gasteiger partial charge on any atom is 0.353 e. The van der Waals surface area contributed by atoms with Crippen LogP contribution in [-0.4, -0.2) is 46.2 Å². The number of rotatable bonds is 5. The largest absolute Gasteiger partial charge is 0.353 e. The zero-order chi connectivity index (χ0) is 21.0. The van der Waals surface area contributed by atoms with Crippen molar-refractivity contribution >= 4 is 41.1 Å². The van der Waals surface area contributed by atoms with Gasteiger partial charge in [0.1, 0.15) is 6.54 Å². The van der Waals surface area contributed by atoms with Crippen molar-refractivity contribution in [3.8, 4) is 0 Å². The Kier molecular flexibility index (Phi) is 4.00. The summed E-state index contributed by atoms with van der Waals surface area (Å²) in [5.74, 6) is -3.17. The Bertz CT molecular complexity index is 1070. The van der Waals surface area contributed by atoms with Crippen LogP contribution in [0.15, 0.2) is 41.8 Å². The zero-order valence-electron chi connectivity index (χ0n) is 15.5. The van der Waals surface area contributed by atoms with Crippen LogP contribution in [0, 0.1) is 5.92 Å². The smallest absolute Gasteiger partial charge is 0.328 e. The lowest BCUT2D eigenvalue weighted by atomic mass is 9.91. The highest BCUT2D eigenvalue weighted by atomic mass is 32.1. The number of nitrogens with zero attached hydrogens (tertiary/aromatic N) is 2. The topological polar surface area (TPSA) is 113 Å². The van der Waals surface area contributed by atoms with Gasteiger partial charge in [-0.15, -0.1) is 11.3 Å². The summed E-state index contributed by atoms with van der Waals surface area (Å²) in [6.07, 6.45) is 1.58. The molecule has 3 heterocycles. The van der Waals surface area contributed by atoms with E-state index in [-0.39, 0.29) is 17.0 Å². The minimum Gasteiger partial charge on any atom is -0.328 e. The molecule has 3 aliphatic rings. The number of fused-ring (bicyclic) bond motifs is 1. The van der Waals surface area contributed by atoms with Crippen molar-refractivity contribution in [2.24, 2.45) is 5.92 Å².